The lowest BCUT2D eigenvalue weighted by Gasteiger charge is -2.44. The van der Waals surface area contributed by atoms with E-state index in [-0.39, 0.29) is 35.8 Å². The second-order valence-electron chi connectivity index (χ2n) is 10.0. The molecule has 2 aromatic rings. The number of ether oxygens (including phenoxy) is 1. The molecule has 2 fully saturated rings. The van der Waals surface area contributed by atoms with Crippen LogP contribution in [0.15, 0.2) is 36.5 Å². The lowest BCUT2D eigenvalue weighted by Crippen LogP contribution is -2.59. The van der Waals surface area contributed by atoms with Gasteiger partial charge in [0.1, 0.15) is 6.10 Å². The molecule has 0 unspecified atom stereocenters. The SMILES string of the molecule is C[C@@H]1CN(c2ncc3c(n2)CS(=O)(=O)C3)C[C@H](C)N1C(=O)OC1CCN(Cc2ccccc2)CC1. The molecule has 3 aliphatic rings. The number of rotatable bonds is 4. The fourth-order valence-electron chi connectivity index (χ4n) is 5.40. The zero-order valence-corrected chi connectivity index (χ0v) is 21.2. The van der Waals surface area contributed by atoms with Crippen molar-refractivity contribution in [2.45, 2.75) is 62.9 Å². The molecule has 1 amide bonds. The molecule has 35 heavy (non-hydrogen) atoms. The minimum atomic E-state index is -3.12. The minimum Gasteiger partial charge on any atom is -0.446 e. The molecule has 0 bridgehead atoms. The van der Waals surface area contributed by atoms with Crippen molar-refractivity contribution in [1.29, 1.82) is 0 Å². The molecule has 5 rings (SSSR count). The van der Waals surface area contributed by atoms with Crippen molar-refractivity contribution >= 4 is 21.9 Å². The van der Waals surface area contributed by atoms with Gasteiger partial charge in [0.05, 0.1) is 29.3 Å². The van der Waals surface area contributed by atoms with E-state index in [0.29, 0.717) is 30.3 Å². The van der Waals surface area contributed by atoms with Crippen LogP contribution in [0, 0.1) is 0 Å². The first-order valence-electron chi connectivity index (χ1n) is 12.3. The van der Waals surface area contributed by atoms with Crippen molar-refractivity contribution in [2.75, 3.05) is 31.1 Å². The molecule has 10 heteroatoms. The summed E-state index contributed by atoms with van der Waals surface area (Å²) in [5.41, 5.74) is 2.58. The molecule has 9 nitrogen and oxygen atoms in total. The van der Waals surface area contributed by atoms with Gasteiger partial charge in [-0.05, 0) is 32.3 Å². The number of fused-ring (bicyclic) bond motifs is 1. The first kappa shape index (κ1) is 24.0. The number of sulfone groups is 1. The van der Waals surface area contributed by atoms with Gasteiger partial charge < -0.3 is 9.64 Å². The number of benzene rings is 1. The molecule has 0 spiro atoms. The monoisotopic (exact) mass is 499 g/mol. The van der Waals surface area contributed by atoms with E-state index in [1.54, 1.807) is 6.20 Å². The van der Waals surface area contributed by atoms with Crippen molar-refractivity contribution in [1.82, 2.24) is 19.8 Å². The van der Waals surface area contributed by atoms with E-state index < -0.39 is 9.84 Å². The maximum Gasteiger partial charge on any atom is 0.410 e. The zero-order valence-electron chi connectivity index (χ0n) is 20.3. The first-order chi connectivity index (χ1) is 16.8. The minimum absolute atomic E-state index is 0.0141. The number of hydrogen-bond acceptors (Lipinski definition) is 8. The second-order valence-corrected chi connectivity index (χ2v) is 12.1. The van der Waals surface area contributed by atoms with Crippen LogP contribution in [0.2, 0.25) is 0 Å². The Morgan fingerprint density at radius 3 is 2.43 bits per heavy atom. The molecule has 188 valence electrons. The summed E-state index contributed by atoms with van der Waals surface area (Å²) in [6, 6.07) is 10.3. The summed E-state index contributed by atoms with van der Waals surface area (Å²) in [7, 11) is -3.12. The zero-order chi connectivity index (χ0) is 24.6. The molecular weight excluding hydrogens is 466 g/mol. The largest absolute Gasteiger partial charge is 0.446 e. The van der Waals surface area contributed by atoms with Gasteiger partial charge in [0, 0.05) is 44.5 Å². The number of anilines is 1. The summed E-state index contributed by atoms with van der Waals surface area (Å²) >= 11 is 0. The number of piperidine rings is 1. The Hall–Kier alpha value is -2.72. The highest BCUT2D eigenvalue weighted by molar-refractivity contribution is 7.90. The Kier molecular flexibility index (Phi) is 6.67. The highest BCUT2D eigenvalue weighted by Gasteiger charge is 2.37. The molecular formula is C25H33N5O4S. The van der Waals surface area contributed by atoms with E-state index in [1.807, 2.05) is 29.7 Å². The Morgan fingerprint density at radius 2 is 1.74 bits per heavy atom. The number of nitrogens with zero attached hydrogens (tertiary/aromatic N) is 5. The van der Waals surface area contributed by atoms with Crippen LogP contribution < -0.4 is 4.90 Å². The number of piperazine rings is 1. The first-order valence-corrected chi connectivity index (χ1v) is 14.1. The van der Waals surface area contributed by atoms with Gasteiger partial charge in [-0.3, -0.25) is 9.80 Å². The Labute approximate surface area is 207 Å². The predicted molar refractivity (Wildman–Crippen MR) is 133 cm³/mol. The lowest BCUT2D eigenvalue weighted by molar-refractivity contribution is 0.00995. The number of likely N-dealkylation sites (tertiary alicyclic amines) is 1. The standard InChI is InChI=1S/C25H33N5O4S/c1-18-13-29(24-26-12-21-16-35(32,33)17-23(21)27-24)14-19(2)30(18)25(31)34-22-8-10-28(11-9-22)15-20-6-4-3-5-7-20/h3-7,12,18-19,22H,8-11,13-17H2,1-2H3/t18-,19+. The van der Waals surface area contributed by atoms with Crippen LogP contribution in [-0.2, 0) is 32.6 Å². The molecule has 0 saturated carbocycles. The Morgan fingerprint density at radius 1 is 1.06 bits per heavy atom. The van der Waals surface area contributed by atoms with Gasteiger partial charge in [0.25, 0.3) is 0 Å². The average Bonchev–Trinajstić information content (AvgIpc) is 3.13. The fourth-order valence-corrected chi connectivity index (χ4v) is 6.89. The van der Waals surface area contributed by atoms with E-state index in [1.165, 1.54) is 5.56 Å². The lowest BCUT2D eigenvalue weighted by atomic mass is 10.1. The van der Waals surface area contributed by atoms with E-state index in [2.05, 4.69) is 39.1 Å². The molecule has 2 saturated heterocycles. The molecule has 0 N–H and O–H groups in total. The Balaban J connectivity index is 1.14. The third kappa shape index (κ3) is 5.43. The number of amides is 1. The second kappa shape index (κ2) is 9.73. The van der Waals surface area contributed by atoms with Gasteiger partial charge in [0.15, 0.2) is 9.84 Å². The highest BCUT2D eigenvalue weighted by atomic mass is 32.2. The normalized spacial score (nSPS) is 24.9. The Bertz CT molecular complexity index is 1160. The molecule has 0 radical (unpaired) electrons. The highest BCUT2D eigenvalue weighted by Crippen LogP contribution is 2.27. The van der Waals surface area contributed by atoms with Crippen LogP contribution in [0.4, 0.5) is 10.7 Å². The number of carbonyl (C=O) groups is 1. The average molecular weight is 500 g/mol. The van der Waals surface area contributed by atoms with Crippen LogP contribution in [0.25, 0.3) is 0 Å². The summed E-state index contributed by atoms with van der Waals surface area (Å²) in [4.78, 5) is 28.3. The fraction of sp³-hybridized carbons (Fsp3) is 0.560. The van der Waals surface area contributed by atoms with Crippen LogP contribution >= 0.6 is 0 Å². The van der Waals surface area contributed by atoms with Crippen molar-refractivity contribution in [3.05, 3.63) is 53.3 Å². The van der Waals surface area contributed by atoms with Crippen LogP contribution in [0.5, 0.6) is 0 Å². The quantitative estimate of drug-likeness (QED) is 0.634. The molecule has 2 atom stereocenters. The summed E-state index contributed by atoms with van der Waals surface area (Å²) in [5, 5.41) is 0. The van der Waals surface area contributed by atoms with E-state index in [4.69, 9.17) is 4.74 Å². The molecule has 1 aromatic carbocycles. The van der Waals surface area contributed by atoms with Gasteiger partial charge in [-0.1, -0.05) is 30.3 Å². The maximum atomic E-state index is 13.1. The van der Waals surface area contributed by atoms with E-state index >= 15 is 0 Å². The van der Waals surface area contributed by atoms with Gasteiger partial charge >= 0.3 is 6.09 Å². The topological polar surface area (TPSA) is 95.9 Å². The van der Waals surface area contributed by atoms with Crippen molar-refractivity contribution < 1.29 is 17.9 Å². The molecule has 4 heterocycles. The maximum absolute atomic E-state index is 13.1. The van der Waals surface area contributed by atoms with E-state index in [0.717, 1.165) is 32.5 Å². The molecule has 1 aromatic heterocycles. The van der Waals surface area contributed by atoms with Gasteiger partial charge in [-0.25, -0.2) is 23.2 Å². The van der Waals surface area contributed by atoms with Crippen LogP contribution in [-0.4, -0.2) is 78.6 Å². The summed E-state index contributed by atoms with van der Waals surface area (Å²) < 4.78 is 29.8. The third-order valence-electron chi connectivity index (χ3n) is 7.14. The smallest absolute Gasteiger partial charge is 0.410 e. The van der Waals surface area contributed by atoms with Gasteiger partial charge in [-0.15, -0.1) is 0 Å². The summed E-state index contributed by atoms with van der Waals surface area (Å²) in [6.45, 7) is 7.90. The number of hydrogen-bond donors (Lipinski definition) is 0. The third-order valence-corrected chi connectivity index (χ3v) is 8.60. The van der Waals surface area contributed by atoms with Crippen LogP contribution in [0.3, 0.4) is 0 Å². The van der Waals surface area contributed by atoms with Crippen molar-refractivity contribution in [2.24, 2.45) is 0 Å². The predicted octanol–water partition coefficient (Wildman–Crippen LogP) is 2.61. The van der Waals surface area contributed by atoms with Gasteiger partial charge in [0.2, 0.25) is 5.95 Å². The molecule has 3 aliphatic heterocycles. The molecule has 0 aliphatic carbocycles. The van der Waals surface area contributed by atoms with Gasteiger partial charge in [-0.2, -0.15) is 0 Å². The van der Waals surface area contributed by atoms with Crippen LogP contribution in [0.1, 0.15) is 43.5 Å². The summed E-state index contributed by atoms with van der Waals surface area (Å²) in [6.07, 6.45) is 2.99. The van der Waals surface area contributed by atoms with Crippen molar-refractivity contribution in [3.63, 3.8) is 0 Å². The van der Waals surface area contributed by atoms with Crippen molar-refractivity contribution in [3.8, 4) is 0 Å². The summed E-state index contributed by atoms with van der Waals surface area (Å²) in [5.74, 6) is 0.512. The van der Waals surface area contributed by atoms with E-state index in [9.17, 15) is 13.2 Å². The number of carbonyl (C=O) groups excluding carboxylic acids is 1. The number of aromatic nitrogens is 2.